The number of fused-ring (bicyclic) bond motifs is 3. The summed E-state index contributed by atoms with van der Waals surface area (Å²) >= 11 is -6.61. The van der Waals surface area contributed by atoms with Crippen LogP contribution in [0.15, 0.2) is 97.1 Å². The van der Waals surface area contributed by atoms with Crippen LogP contribution in [-0.4, -0.2) is 4.21 Å². The fraction of sp³-hybridized carbons (Fsp3) is 0.473. The first kappa shape index (κ1) is 45.2. The van der Waals surface area contributed by atoms with Crippen molar-refractivity contribution in [2.75, 3.05) is 0 Å². The molecule has 0 heterocycles. The Morgan fingerprint density at radius 1 is 0.500 bits per heavy atom. The zero-order chi connectivity index (χ0) is 43.3. The van der Waals surface area contributed by atoms with Crippen molar-refractivity contribution in [3.8, 4) is 33.4 Å². The van der Waals surface area contributed by atoms with E-state index in [-0.39, 0.29) is 40.7 Å². The molecule has 0 amide bonds. The van der Waals surface area contributed by atoms with Crippen LogP contribution in [0, 0.1) is 11.8 Å². The molecule has 0 aliphatic heterocycles. The van der Waals surface area contributed by atoms with Gasteiger partial charge in [-0.05, 0) is 0 Å². The summed E-state index contributed by atoms with van der Waals surface area (Å²) in [4.78, 5) is 0. The van der Waals surface area contributed by atoms with E-state index in [1.54, 1.807) is 0 Å². The molecular weight excluding hydrogens is 823 g/mol. The summed E-state index contributed by atoms with van der Waals surface area (Å²) < 4.78 is 6.53. The average Bonchev–Trinajstić information content (AvgIpc) is 3.73. The molecule has 0 fully saturated rings. The van der Waals surface area contributed by atoms with E-state index in [1.807, 2.05) is 0 Å². The van der Waals surface area contributed by atoms with Crippen LogP contribution in [0.1, 0.15) is 148 Å². The number of hydrogen-bond donors (Lipinski definition) is 0. The molecule has 0 saturated heterocycles. The number of benzene rings is 4. The second-order valence-corrected chi connectivity index (χ2v) is 64.6. The van der Waals surface area contributed by atoms with E-state index in [0.717, 1.165) is 0 Å². The van der Waals surface area contributed by atoms with E-state index in [1.165, 1.54) is 66.8 Å². The minimum atomic E-state index is -6.61. The van der Waals surface area contributed by atoms with E-state index in [4.69, 9.17) is 4.21 Å². The van der Waals surface area contributed by atoms with Crippen molar-refractivity contribution in [1.29, 1.82) is 0 Å². The van der Waals surface area contributed by atoms with Gasteiger partial charge in [0.25, 0.3) is 0 Å². The van der Waals surface area contributed by atoms with Crippen molar-refractivity contribution in [2.24, 2.45) is 11.8 Å². The monoisotopic (exact) mass is 894 g/mol. The summed E-state index contributed by atoms with van der Waals surface area (Å²) in [6.45, 7) is 37.0. The quantitative estimate of drug-likeness (QED) is 0.165. The van der Waals surface area contributed by atoms with Crippen LogP contribution in [0.5, 0.6) is 0 Å². The van der Waals surface area contributed by atoms with Crippen LogP contribution in [0.4, 0.5) is 0 Å². The standard InChI is InChI=1S/C41H49.C5H5.2C4H9.CH2.2ClH.Zr/c1-38(2,3)30-17-13-26(14-18-30)34-22-28-21-29-23-35(27-15-19-31(20-16-27)39(4,5)6)37(41(10,11)12)25-33(29)32(28)24-36(34)40(7,8)9;1-2-4-5-3-1;2*1-4(2)3;;;;/h13-25H,1-12H3;1-5H;2*4H,1H2,2-3H3;1H2;2*1H;/q;;;;;;;+2/p-2. The van der Waals surface area contributed by atoms with E-state index in [2.05, 4.69) is 208 Å². The first-order chi connectivity index (χ1) is 26.2. The number of hydrogen-bond acceptors (Lipinski definition) is 0. The summed E-state index contributed by atoms with van der Waals surface area (Å²) in [6.07, 6.45) is 8.95. The Morgan fingerprint density at radius 2 is 0.828 bits per heavy atom. The van der Waals surface area contributed by atoms with Gasteiger partial charge < -0.3 is 0 Å². The fourth-order valence-corrected chi connectivity index (χ4v) is 51.3. The number of allylic oxidation sites excluding steroid dienone is 4. The Kier molecular flexibility index (Phi) is 10.4. The molecule has 0 nitrogen and oxygen atoms in total. The van der Waals surface area contributed by atoms with Gasteiger partial charge in [-0.3, -0.25) is 0 Å². The third-order valence-electron chi connectivity index (χ3n) is 14.1. The van der Waals surface area contributed by atoms with Crippen molar-refractivity contribution in [3.05, 3.63) is 130 Å². The molecule has 2 aliphatic rings. The summed E-state index contributed by atoms with van der Waals surface area (Å²) in [5.41, 5.74) is 15.2. The second kappa shape index (κ2) is 13.3. The fourth-order valence-electron chi connectivity index (χ4n) is 12.0. The molecule has 0 bridgehead atoms. The molecule has 0 N–H and O–H groups in total. The van der Waals surface area contributed by atoms with Gasteiger partial charge >= 0.3 is 358 Å². The molecule has 58 heavy (non-hydrogen) atoms. The van der Waals surface area contributed by atoms with Crippen molar-refractivity contribution in [2.45, 2.75) is 148 Å². The summed E-state index contributed by atoms with van der Waals surface area (Å²) in [6, 6.07) is 28.7. The van der Waals surface area contributed by atoms with E-state index >= 15 is 0 Å². The van der Waals surface area contributed by atoms with Crippen LogP contribution < -0.4 is 0 Å². The van der Waals surface area contributed by atoms with Gasteiger partial charge in [-0.1, -0.05) is 0 Å². The van der Waals surface area contributed by atoms with Crippen LogP contribution in [-0.2, 0) is 34.6 Å². The van der Waals surface area contributed by atoms with Gasteiger partial charge in [0.15, 0.2) is 0 Å². The predicted octanol–water partition coefficient (Wildman–Crippen LogP) is 17.8. The molecule has 0 aromatic heterocycles. The zero-order valence-corrected chi connectivity index (χ0v) is 42.9. The zero-order valence-electron chi connectivity index (χ0n) is 38.9. The molecule has 4 aromatic rings. The number of rotatable bonds is 8. The van der Waals surface area contributed by atoms with Crippen LogP contribution in [0.3, 0.4) is 0 Å². The first-order valence-corrected chi connectivity index (χ1v) is 36.5. The van der Waals surface area contributed by atoms with E-state index in [9.17, 15) is 17.0 Å². The Balaban J connectivity index is 1.84. The Labute approximate surface area is 355 Å². The molecule has 0 unspecified atom stereocenters. The molecule has 6 rings (SSSR count). The maximum absolute atomic E-state index is 9.31. The van der Waals surface area contributed by atoms with Gasteiger partial charge in [-0.25, -0.2) is 0 Å². The first-order valence-electron chi connectivity index (χ1n) is 22.1. The summed E-state index contributed by atoms with van der Waals surface area (Å²) in [7, 11) is 18.6. The Hall–Kier alpha value is -2.31. The van der Waals surface area contributed by atoms with Gasteiger partial charge in [0.05, 0.1) is 0 Å². The van der Waals surface area contributed by atoms with Gasteiger partial charge in [0, 0.05) is 0 Å². The van der Waals surface area contributed by atoms with Crippen LogP contribution in [0.2, 0.25) is 11.9 Å². The average molecular weight is 897 g/mol. The molecule has 312 valence electrons. The predicted molar refractivity (Wildman–Crippen MR) is 260 cm³/mol. The van der Waals surface area contributed by atoms with Gasteiger partial charge in [-0.15, -0.1) is 0 Å². The third-order valence-corrected chi connectivity index (χ3v) is 47.0. The SMILES string of the molecule is [CH2]=[Zr]([Cl])([Cl])([CH2]C(C)C)([CH2]C(C)C)([CH]1C=CC=C1)[CH]1c2cc(-c3ccc(C(C)(C)C)cc3)c(C(C)(C)C)cc2-c2cc(C(C)(C)C)c(-c3ccc(C(C)(C)C)cc3)cc21. The maximum atomic E-state index is 9.31. The molecule has 0 radical (unpaired) electrons. The van der Waals surface area contributed by atoms with Crippen LogP contribution >= 0.6 is 17.0 Å². The van der Waals surface area contributed by atoms with E-state index < -0.39 is 12.9 Å². The molecule has 0 saturated carbocycles. The minimum absolute atomic E-state index is 0.0607. The Morgan fingerprint density at radius 3 is 1.10 bits per heavy atom. The summed E-state index contributed by atoms with van der Waals surface area (Å²) in [5.74, 6) is 0.444. The molecule has 4 aromatic carbocycles. The normalized spacial score (nSPS) is 17.3. The molecule has 0 spiro atoms. The van der Waals surface area contributed by atoms with Gasteiger partial charge in [0.2, 0.25) is 0 Å². The number of halogens is 2. The Bertz CT molecular complexity index is 2290. The topological polar surface area (TPSA) is 0 Å². The second-order valence-electron chi connectivity index (χ2n) is 24.5. The molecule has 3 heteroatoms. The summed E-state index contributed by atoms with van der Waals surface area (Å²) in [5, 5.41) is 0. The molecule has 0 atom stereocenters. The van der Waals surface area contributed by atoms with Crippen molar-refractivity contribution >= 4 is 21.2 Å². The van der Waals surface area contributed by atoms with Gasteiger partial charge in [0.1, 0.15) is 0 Å². The third kappa shape index (κ3) is 7.53. The van der Waals surface area contributed by atoms with Crippen molar-refractivity contribution < 1.29 is 12.9 Å². The van der Waals surface area contributed by atoms with Crippen LogP contribution in [0.25, 0.3) is 33.4 Å². The van der Waals surface area contributed by atoms with Crippen molar-refractivity contribution in [3.63, 3.8) is 0 Å². The van der Waals surface area contributed by atoms with E-state index in [0.29, 0.717) is 8.26 Å². The molecule has 2 aliphatic carbocycles. The molecular formula is C55H74Cl2Zr. The van der Waals surface area contributed by atoms with Crippen molar-refractivity contribution in [1.82, 2.24) is 0 Å². The van der Waals surface area contributed by atoms with Gasteiger partial charge in [-0.2, -0.15) is 0 Å².